The number of nitrogens with one attached hydrogen (secondary N) is 1. The van der Waals surface area contributed by atoms with E-state index in [4.69, 9.17) is 22.7 Å². The molecule has 0 bridgehead atoms. The summed E-state index contributed by atoms with van der Waals surface area (Å²) in [7, 11) is 1.56. The first kappa shape index (κ1) is 15.4. The molecule has 0 aliphatic heterocycles. The maximum Gasteiger partial charge on any atom is 0.274 e. The lowest BCUT2D eigenvalue weighted by atomic mass is 10.2. The van der Waals surface area contributed by atoms with Crippen molar-refractivity contribution in [2.45, 2.75) is 0 Å². The number of methoxy groups -OCH3 is 1. The van der Waals surface area contributed by atoms with E-state index >= 15 is 0 Å². The lowest BCUT2D eigenvalue weighted by Gasteiger charge is -2.08. The molecule has 0 aliphatic carbocycles. The minimum absolute atomic E-state index is 0.243. The fraction of sp³-hybridized carbons (Fsp3) is 0.0714. The fourth-order valence-corrected chi connectivity index (χ4v) is 2.14. The number of aromatic nitrogens is 1. The van der Waals surface area contributed by atoms with Crippen molar-refractivity contribution in [1.29, 1.82) is 0 Å². The molecule has 5 nitrogen and oxygen atoms in total. The van der Waals surface area contributed by atoms with Gasteiger partial charge in [0.15, 0.2) is 0 Å². The number of carbonyl (C=O) groups is 1. The maximum atomic E-state index is 12.1. The number of halogens is 1. The van der Waals surface area contributed by atoms with Gasteiger partial charge in [0.25, 0.3) is 5.91 Å². The normalized spacial score (nSPS) is 10.0. The van der Waals surface area contributed by atoms with E-state index in [1.165, 1.54) is 6.20 Å². The summed E-state index contributed by atoms with van der Waals surface area (Å²) in [6, 6.07) is 8.49. The number of carbonyl (C=O) groups excluding carboxylic acids is 1. The van der Waals surface area contributed by atoms with Crippen molar-refractivity contribution in [2.75, 3.05) is 12.4 Å². The molecule has 0 radical (unpaired) electrons. The number of hydrogen-bond donors (Lipinski definition) is 2. The van der Waals surface area contributed by atoms with Gasteiger partial charge in [0.05, 0.1) is 11.6 Å². The van der Waals surface area contributed by atoms with Crippen LogP contribution in [0.2, 0.25) is 0 Å². The second kappa shape index (κ2) is 6.64. The number of ether oxygens (including phenoxy) is 1. The van der Waals surface area contributed by atoms with Crippen LogP contribution in [0.4, 0.5) is 5.69 Å². The third kappa shape index (κ3) is 3.77. The summed E-state index contributed by atoms with van der Waals surface area (Å²) in [5, 5.41) is 2.74. The number of rotatable bonds is 4. The first-order chi connectivity index (χ1) is 10.0. The standard InChI is InChI=1S/C14H12BrN3O2S/c1-20-12-6-9(3-4-10(12)15)18-14(19)11-5-2-8(7-17-11)13(16)21/h2-7H,1H3,(H2,16,21)(H,18,19). The Morgan fingerprint density at radius 1 is 1.38 bits per heavy atom. The molecule has 21 heavy (non-hydrogen) atoms. The second-order valence-electron chi connectivity index (χ2n) is 4.10. The highest BCUT2D eigenvalue weighted by Crippen LogP contribution is 2.27. The van der Waals surface area contributed by atoms with Gasteiger partial charge in [0.2, 0.25) is 0 Å². The summed E-state index contributed by atoms with van der Waals surface area (Å²) in [6.07, 6.45) is 1.47. The van der Waals surface area contributed by atoms with Crippen LogP contribution in [-0.4, -0.2) is 23.0 Å². The molecule has 0 spiro atoms. The van der Waals surface area contributed by atoms with Crippen molar-refractivity contribution in [3.63, 3.8) is 0 Å². The molecule has 2 rings (SSSR count). The van der Waals surface area contributed by atoms with Gasteiger partial charge in [-0.25, -0.2) is 0 Å². The van der Waals surface area contributed by atoms with Crippen LogP contribution >= 0.6 is 28.1 Å². The van der Waals surface area contributed by atoms with Crippen LogP contribution in [0.25, 0.3) is 0 Å². The molecule has 1 aromatic carbocycles. The Labute approximate surface area is 135 Å². The Morgan fingerprint density at radius 3 is 2.71 bits per heavy atom. The molecule has 1 aromatic heterocycles. The topological polar surface area (TPSA) is 77.2 Å². The maximum absolute atomic E-state index is 12.1. The van der Waals surface area contributed by atoms with Crippen molar-refractivity contribution >= 4 is 44.7 Å². The number of thiocarbonyl (C=S) groups is 1. The monoisotopic (exact) mass is 365 g/mol. The molecule has 1 amide bonds. The lowest BCUT2D eigenvalue weighted by molar-refractivity contribution is 0.102. The minimum Gasteiger partial charge on any atom is -0.495 e. The van der Waals surface area contributed by atoms with Gasteiger partial charge in [-0.05, 0) is 40.2 Å². The third-order valence-electron chi connectivity index (χ3n) is 2.69. The largest absolute Gasteiger partial charge is 0.495 e. The van der Waals surface area contributed by atoms with E-state index in [9.17, 15) is 4.79 Å². The SMILES string of the molecule is COc1cc(NC(=O)c2ccc(C(N)=S)cn2)ccc1Br. The molecular weight excluding hydrogens is 354 g/mol. The van der Waals surface area contributed by atoms with Gasteiger partial charge < -0.3 is 15.8 Å². The van der Waals surface area contributed by atoms with Crippen LogP contribution < -0.4 is 15.8 Å². The number of nitrogens with zero attached hydrogens (tertiary/aromatic N) is 1. The smallest absolute Gasteiger partial charge is 0.274 e. The highest BCUT2D eigenvalue weighted by atomic mass is 79.9. The Hall–Kier alpha value is -1.99. The first-order valence-electron chi connectivity index (χ1n) is 5.92. The summed E-state index contributed by atoms with van der Waals surface area (Å²) in [5.74, 6) is 0.304. The summed E-state index contributed by atoms with van der Waals surface area (Å²) in [4.78, 5) is 16.4. The number of nitrogens with two attached hydrogens (primary N) is 1. The molecule has 0 aliphatic rings. The van der Waals surface area contributed by atoms with Gasteiger partial charge in [-0.2, -0.15) is 0 Å². The van der Waals surface area contributed by atoms with Crippen LogP contribution in [0.1, 0.15) is 16.1 Å². The Balaban J connectivity index is 2.15. The van der Waals surface area contributed by atoms with Crippen LogP contribution in [0.15, 0.2) is 41.0 Å². The zero-order valence-corrected chi connectivity index (χ0v) is 13.5. The summed E-state index contributed by atoms with van der Waals surface area (Å²) in [6.45, 7) is 0. The van der Waals surface area contributed by atoms with Crippen LogP contribution in [0.5, 0.6) is 5.75 Å². The van der Waals surface area contributed by atoms with Crippen molar-refractivity contribution in [1.82, 2.24) is 4.98 Å². The van der Waals surface area contributed by atoms with Crippen molar-refractivity contribution in [2.24, 2.45) is 5.73 Å². The number of anilines is 1. The molecular formula is C14H12BrN3O2S. The third-order valence-corrected chi connectivity index (χ3v) is 3.58. The van der Waals surface area contributed by atoms with Gasteiger partial charge in [0, 0.05) is 23.5 Å². The van der Waals surface area contributed by atoms with E-state index < -0.39 is 0 Å². The van der Waals surface area contributed by atoms with E-state index in [0.717, 1.165) is 4.47 Å². The Morgan fingerprint density at radius 2 is 2.14 bits per heavy atom. The molecule has 2 aromatic rings. The molecule has 0 saturated carbocycles. The highest BCUT2D eigenvalue weighted by molar-refractivity contribution is 9.10. The summed E-state index contributed by atoms with van der Waals surface area (Å²) in [5.41, 5.74) is 6.99. The van der Waals surface area contributed by atoms with Crippen molar-refractivity contribution in [3.8, 4) is 5.75 Å². The Bertz CT molecular complexity index is 689. The van der Waals surface area contributed by atoms with Crippen LogP contribution in [0.3, 0.4) is 0 Å². The summed E-state index contributed by atoms with van der Waals surface area (Å²) < 4.78 is 5.98. The van der Waals surface area contributed by atoms with E-state index in [1.807, 2.05) is 0 Å². The number of benzene rings is 1. The van der Waals surface area contributed by atoms with E-state index in [0.29, 0.717) is 17.0 Å². The average Bonchev–Trinajstić information content (AvgIpc) is 2.49. The quantitative estimate of drug-likeness (QED) is 0.814. The zero-order chi connectivity index (χ0) is 15.4. The van der Waals surface area contributed by atoms with E-state index in [1.54, 1.807) is 37.4 Å². The molecule has 108 valence electrons. The highest BCUT2D eigenvalue weighted by Gasteiger charge is 2.09. The predicted octanol–water partition coefficient (Wildman–Crippen LogP) is 2.74. The number of pyridine rings is 1. The molecule has 0 atom stereocenters. The lowest BCUT2D eigenvalue weighted by Crippen LogP contribution is -2.15. The summed E-state index contributed by atoms with van der Waals surface area (Å²) >= 11 is 8.18. The molecule has 3 N–H and O–H groups in total. The minimum atomic E-state index is -0.325. The van der Waals surface area contributed by atoms with Crippen LogP contribution in [-0.2, 0) is 0 Å². The molecule has 0 fully saturated rings. The molecule has 0 saturated heterocycles. The molecule has 7 heteroatoms. The van der Waals surface area contributed by atoms with Gasteiger partial charge in [-0.3, -0.25) is 9.78 Å². The van der Waals surface area contributed by atoms with Gasteiger partial charge in [-0.15, -0.1) is 0 Å². The van der Waals surface area contributed by atoms with Gasteiger partial charge in [-0.1, -0.05) is 12.2 Å². The van der Waals surface area contributed by atoms with E-state index in [-0.39, 0.29) is 16.6 Å². The molecule has 1 heterocycles. The average molecular weight is 366 g/mol. The molecule has 0 unspecified atom stereocenters. The van der Waals surface area contributed by atoms with Gasteiger partial charge >= 0.3 is 0 Å². The van der Waals surface area contributed by atoms with Crippen molar-refractivity contribution in [3.05, 3.63) is 52.3 Å². The predicted molar refractivity (Wildman–Crippen MR) is 88.8 cm³/mol. The van der Waals surface area contributed by atoms with Crippen LogP contribution in [0, 0.1) is 0 Å². The number of amides is 1. The van der Waals surface area contributed by atoms with E-state index in [2.05, 4.69) is 26.2 Å². The van der Waals surface area contributed by atoms with Gasteiger partial charge in [0.1, 0.15) is 16.4 Å². The zero-order valence-electron chi connectivity index (χ0n) is 11.1. The second-order valence-corrected chi connectivity index (χ2v) is 5.39. The fourth-order valence-electron chi connectivity index (χ4n) is 1.61. The first-order valence-corrected chi connectivity index (χ1v) is 7.12. The van der Waals surface area contributed by atoms with Crippen molar-refractivity contribution < 1.29 is 9.53 Å². The number of hydrogen-bond acceptors (Lipinski definition) is 4. The Kier molecular flexibility index (Phi) is 4.87.